The van der Waals surface area contributed by atoms with E-state index in [1.165, 1.54) is 24.3 Å². The van der Waals surface area contributed by atoms with Gasteiger partial charge in [0.05, 0.1) is 5.75 Å². The summed E-state index contributed by atoms with van der Waals surface area (Å²) in [7, 11) is -3.46. The minimum atomic E-state index is -3.46. The predicted molar refractivity (Wildman–Crippen MR) is 81.7 cm³/mol. The van der Waals surface area contributed by atoms with Crippen molar-refractivity contribution in [1.82, 2.24) is 4.72 Å². The molecular formula is C13H22ClFN2O2S. The second-order valence-corrected chi connectivity index (χ2v) is 6.82. The fourth-order valence-electron chi connectivity index (χ4n) is 1.86. The maximum Gasteiger partial charge on any atom is 0.216 e. The van der Waals surface area contributed by atoms with E-state index < -0.39 is 10.0 Å². The van der Waals surface area contributed by atoms with Crippen LogP contribution in [-0.2, 0) is 15.8 Å². The molecule has 0 aliphatic rings. The van der Waals surface area contributed by atoms with Crippen LogP contribution in [0.4, 0.5) is 4.39 Å². The fraction of sp³-hybridized carbons (Fsp3) is 0.538. The molecule has 116 valence electrons. The zero-order valence-electron chi connectivity index (χ0n) is 11.7. The van der Waals surface area contributed by atoms with Crippen molar-refractivity contribution in [3.63, 3.8) is 0 Å². The van der Waals surface area contributed by atoms with Gasteiger partial charge in [0.15, 0.2) is 0 Å². The summed E-state index contributed by atoms with van der Waals surface area (Å²) in [5.74, 6) is -0.183. The third kappa shape index (κ3) is 7.19. The summed E-state index contributed by atoms with van der Waals surface area (Å²) in [5.41, 5.74) is 6.12. The Morgan fingerprint density at radius 3 is 2.25 bits per heavy atom. The van der Waals surface area contributed by atoms with Crippen LogP contribution in [0.2, 0.25) is 0 Å². The van der Waals surface area contributed by atoms with Gasteiger partial charge in [-0.1, -0.05) is 26.0 Å². The average molecular weight is 325 g/mol. The van der Waals surface area contributed by atoms with E-state index in [0.29, 0.717) is 17.9 Å². The SMILES string of the molecule is CC(C)CC(CN)NS(=O)(=O)Cc1ccc(F)cc1.Cl. The summed E-state index contributed by atoms with van der Waals surface area (Å²) in [5, 5.41) is 0. The Hall–Kier alpha value is -0.690. The van der Waals surface area contributed by atoms with E-state index in [-0.39, 0.29) is 36.6 Å². The molecule has 0 fully saturated rings. The fourth-order valence-corrected chi connectivity index (χ4v) is 3.27. The Labute approximate surface area is 126 Å². The molecule has 1 rings (SSSR count). The van der Waals surface area contributed by atoms with Crippen LogP contribution in [0.3, 0.4) is 0 Å². The monoisotopic (exact) mass is 324 g/mol. The van der Waals surface area contributed by atoms with Crippen molar-refractivity contribution in [2.75, 3.05) is 6.54 Å². The number of nitrogens with one attached hydrogen (secondary N) is 1. The lowest BCUT2D eigenvalue weighted by Crippen LogP contribution is -2.41. The van der Waals surface area contributed by atoms with Gasteiger partial charge < -0.3 is 5.73 Å². The van der Waals surface area contributed by atoms with Crippen molar-refractivity contribution >= 4 is 22.4 Å². The Kier molecular flexibility index (Phi) is 8.27. The highest BCUT2D eigenvalue weighted by molar-refractivity contribution is 7.88. The van der Waals surface area contributed by atoms with Gasteiger partial charge in [-0.25, -0.2) is 17.5 Å². The summed E-state index contributed by atoms with van der Waals surface area (Å²) < 4.78 is 39.3. The largest absolute Gasteiger partial charge is 0.329 e. The maximum atomic E-state index is 12.7. The average Bonchev–Trinajstić information content (AvgIpc) is 2.30. The van der Waals surface area contributed by atoms with Crippen LogP contribution in [0.15, 0.2) is 24.3 Å². The molecule has 20 heavy (non-hydrogen) atoms. The van der Waals surface area contributed by atoms with Gasteiger partial charge in [-0.3, -0.25) is 0 Å². The molecule has 0 aliphatic heterocycles. The minimum absolute atomic E-state index is 0. The predicted octanol–water partition coefficient (Wildman–Crippen LogP) is 2.04. The van der Waals surface area contributed by atoms with Crippen LogP contribution in [0.5, 0.6) is 0 Å². The number of sulfonamides is 1. The Balaban J connectivity index is 0.00000361. The lowest BCUT2D eigenvalue weighted by Gasteiger charge is -2.18. The molecule has 0 spiro atoms. The summed E-state index contributed by atoms with van der Waals surface area (Å²) in [6.45, 7) is 4.29. The van der Waals surface area contributed by atoms with Crippen LogP contribution in [0.1, 0.15) is 25.8 Å². The normalized spacial score (nSPS) is 13.1. The molecule has 0 heterocycles. The zero-order valence-corrected chi connectivity index (χ0v) is 13.3. The number of nitrogens with two attached hydrogens (primary N) is 1. The molecule has 1 atom stereocenters. The number of benzene rings is 1. The third-order valence-corrected chi connectivity index (χ3v) is 4.06. The van der Waals surface area contributed by atoms with Gasteiger partial charge in [0.1, 0.15) is 5.82 Å². The standard InChI is InChI=1S/C13H21FN2O2S.ClH/c1-10(2)7-13(8-15)16-19(17,18)9-11-3-5-12(14)6-4-11;/h3-6,10,13,16H,7-9,15H2,1-2H3;1H. The van der Waals surface area contributed by atoms with Crippen LogP contribution < -0.4 is 10.5 Å². The van der Waals surface area contributed by atoms with Gasteiger partial charge in [0, 0.05) is 12.6 Å². The molecule has 0 amide bonds. The van der Waals surface area contributed by atoms with Crippen molar-refractivity contribution in [3.05, 3.63) is 35.6 Å². The van der Waals surface area contributed by atoms with Gasteiger partial charge in [0.2, 0.25) is 10.0 Å². The number of hydrogen-bond donors (Lipinski definition) is 2. The molecule has 0 saturated carbocycles. The molecule has 7 heteroatoms. The van der Waals surface area contributed by atoms with E-state index in [0.717, 1.165) is 0 Å². The molecule has 1 unspecified atom stereocenters. The van der Waals surface area contributed by atoms with Crippen molar-refractivity contribution in [2.45, 2.75) is 32.1 Å². The van der Waals surface area contributed by atoms with Gasteiger partial charge in [-0.2, -0.15) is 0 Å². The number of rotatable bonds is 7. The van der Waals surface area contributed by atoms with E-state index in [1.54, 1.807) is 0 Å². The molecule has 0 radical (unpaired) electrons. The summed E-state index contributed by atoms with van der Waals surface area (Å²) in [6, 6.07) is 5.17. The molecule has 1 aromatic rings. The lowest BCUT2D eigenvalue weighted by molar-refractivity contribution is 0.465. The summed E-state index contributed by atoms with van der Waals surface area (Å²) >= 11 is 0. The number of halogens is 2. The van der Waals surface area contributed by atoms with Gasteiger partial charge in [0.25, 0.3) is 0 Å². The van der Waals surface area contributed by atoms with Crippen molar-refractivity contribution in [1.29, 1.82) is 0 Å². The number of hydrogen-bond acceptors (Lipinski definition) is 3. The molecule has 0 saturated heterocycles. The van der Waals surface area contributed by atoms with Crippen LogP contribution in [0.25, 0.3) is 0 Å². The minimum Gasteiger partial charge on any atom is -0.329 e. The van der Waals surface area contributed by atoms with E-state index in [9.17, 15) is 12.8 Å². The van der Waals surface area contributed by atoms with Gasteiger partial charge >= 0.3 is 0 Å². The molecule has 0 aromatic heterocycles. The molecule has 4 nitrogen and oxygen atoms in total. The molecule has 0 aliphatic carbocycles. The first-order valence-electron chi connectivity index (χ1n) is 6.27. The molecule has 0 bridgehead atoms. The Morgan fingerprint density at radius 2 is 1.80 bits per heavy atom. The maximum absolute atomic E-state index is 12.7. The Morgan fingerprint density at radius 1 is 1.25 bits per heavy atom. The van der Waals surface area contributed by atoms with Crippen molar-refractivity contribution < 1.29 is 12.8 Å². The first-order chi connectivity index (χ1) is 8.82. The third-order valence-electron chi connectivity index (χ3n) is 2.66. The van der Waals surface area contributed by atoms with Crippen LogP contribution >= 0.6 is 12.4 Å². The molecule has 1 aromatic carbocycles. The highest BCUT2D eigenvalue weighted by atomic mass is 35.5. The van der Waals surface area contributed by atoms with Crippen molar-refractivity contribution in [2.24, 2.45) is 11.7 Å². The zero-order chi connectivity index (χ0) is 14.5. The first kappa shape index (κ1) is 19.3. The summed E-state index contributed by atoms with van der Waals surface area (Å²) in [6.07, 6.45) is 0.694. The Bertz CT molecular complexity index is 492. The van der Waals surface area contributed by atoms with Gasteiger partial charge in [-0.05, 0) is 30.0 Å². The van der Waals surface area contributed by atoms with Crippen molar-refractivity contribution in [3.8, 4) is 0 Å². The van der Waals surface area contributed by atoms with E-state index in [2.05, 4.69) is 4.72 Å². The summed E-state index contributed by atoms with van der Waals surface area (Å²) in [4.78, 5) is 0. The second-order valence-electron chi connectivity index (χ2n) is 5.07. The topological polar surface area (TPSA) is 72.2 Å². The van der Waals surface area contributed by atoms with E-state index in [4.69, 9.17) is 5.73 Å². The second kappa shape index (κ2) is 8.56. The molecular weight excluding hydrogens is 303 g/mol. The quantitative estimate of drug-likeness (QED) is 0.806. The van der Waals surface area contributed by atoms with Crippen LogP contribution in [-0.4, -0.2) is 21.0 Å². The highest BCUT2D eigenvalue weighted by Crippen LogP contribution is 2.09. The van der Waals surface area contributed by atoms with Crippen LogP contribution in [0, 0.1) is 11.7 Å². The first-order valence-corrected chi connectivity index (χ1v) is 7.92. The van der Waals surface area contributed by atoms with E-state index >= 15 is 0 Å². The smallest absolute Gasteiger partial charge is 0.216 e. The van der Waals surface area contributed by atoms with Gasteiger partial charge in [-0.15, -0.1) is 12.4 Å². The lowest BCUT2D eigenvalue weighted by atomic mass is 10.1. The highest BCUT2D eigenvalue weighted by Gasteiger charge is 2.18. The van der Waals surface area contributed by atoms with E-state index in [1.807, 2.05) is 13.8 Å². The molecule has 3 N–H and O–H groups in total.